The zero-order valence-corrected chi connectivity index (χ0v) is 18.2. The molecule has 2 aliphatic rings. The third kappa shape index (κ3) is 3.50. The lowest BCUT2D eigenvalue weighted by atomic mass is 9.79. The number of hydrogen-bond donors (Lipinski definition) is 2. The van der Waals surface area contributed by atoms with Gasteiger partial charge in [0.05, 0.1) is 47.4 Å². The molecule has 1 atom stereocenters. The van der Waals surface area contributed by atoms with Gasteiger partial charge in [0.15, 0.2) is 0 Å². The zero-order valence-electron chi connectivity index (χ0n) is 18.2. The van der Waals surface area contributed by atoms with Crippen LogP contribution in [0.4, 0.5) is 5.69 Å². The van der Waals surface area contributed by atoms with E-state index < -0.39 is 17.2 Å². The molecule has 8 nitrogen and oxygen atoms in total. The van der Waals surface area contributed by atoms with Gasteiger partial charge in [-0.1, -0.05) is 6.07 Å². The van der Waals surface area contributed by atoms with Crippen molar-refractivity contribution < 1.29 is 14.3 Å². The summed E-state index contributed by atoms with van der Waals surface area (Å²) in [6, 6.07) is 9.48. The van der Waals surface area contributed by atoms with E-state index in [9.17, 15) is 15.3 Å². The lowest BCUT2D eigenvalue weighted by Crippen LogP contribution is -2.29. The maximum atomic E-state index is 12.6. The second-order valence-corrected chi connectivity index (χ2v) is 8.25. The van der Waals surface area contributed by atoms with Crippen LogP contribution in [0.5, 0.6) is 11.6 Å². The summed E-state index contributed by atoms with van der Waals surface area (Å²) in [7, 11) is 1.51. The number of hydrogen-bond acceptors (Lipinski definition) is 7. The van der Waals surface area contributed by atoms with Gasteiger partial charge in [0.1, 0.15) is 12.4 Å². The largest absolute Gasteiger partial charge is 0.496 e. The zero-order chi connectivity index (χ0) is 23.0. The summed E-state index contributed by atoms with van der Waals surface area (Å²) in [6.07, 6.45) is 3.27. The van der Waals surface area contributed by atoms with E-state index in [0.29, 0.717) is 39.6 Å². The summed E-state index contributed by atoms with van der Waals surface area (Å²) < 4.78 is 11.7. The van der Waals surface area contributed by atoms with Gasteiger partial charge < -0.3 is 20.5 Å². The van der Waals surface area contributed by atoms with Crippen LogP contribution >= 0.6 is 0 Å². The number of benzene rings is 1. The number of nitrogens with one attached hydrogen (secondary N) is 1. The fourth-order valence-corrected chi connectivity index (χ4v) is 4.08. The van der Waals surface area contributed by atoms with Crippen molar-refractivity contribution in [3.05, 3.63) is 57.9 Å². The van der Waals surface area contributed by atoms with Gasteiger partial charge in [0, 0.05) is 23.0 Å². The van der Waals surface area contributed by atoms with Crippen molar-refractivity contribution in [1.29, 1.82) is 10.5 Å². The molecule has 2 aromatic rings. The Morgan fingerprint density at radius 1 is 1.34 bits per heavy atom. The van der Waals surface area contributed by atoms with Gasteiger partial charge in [-0.15, -0.1) is 0 Å². The van der Waals surface area contributed by atoms with E-state index in [1.165, 1.54) is 7.11 Å². The highest BCUT2D eigenvalue weighted by atomic mass is 16.5. The number of aromatic nitrogens is 1. The average Bonchev–Trinajstić information content (AvgIpc) is 3.58. The highest BCUT2D eigenvalue weighted by molar-refractivity contribution is 5.98. The van der Waals surface area contributed by atoms with Crippen molar-refractivity contribution in [3.63, 3.8) is 0 Å². The summed E-state index contributed by atoms with van der Waals surface area (Å²) in [6.45, 7) is 3.93. The van der Waals surface area contributed by atoms with Crippen LogP contribution in [0.2, 0.25) is 0 Å². The van der Waals surface area contributed by atoms with Crippen molar-refractivity contribution in [2.24, 2.45) is 11.1 Å². The topological polar surface area (TPSA) is 134 Å². The molecule has 1 amide bonds. The monoisotopic (exact) mass is 429 g/mol. The number of ether oxygens (including phenoxy) is 2. The number of primary amides is 1. The van der Waals surface area contributed by atoms with Gasteiger partial charge >= 0.3 is 0 Å². The average molecular weight is 429 g/mol. The number of allylic oxidation sites excluding steroid dienone is 1. The minimum atomic E-state index is -0.619. The Balaban J connectivity index is 1.93. The summed E-state index contributed by atoms with van der Waals surface area (Å²) in [4.78, 5) is 17.1. The van der Waals surface area contributed by atoms with Crippen LogP contribution in [0.1, 0.15) is 47.9 Å². The molecule has 1 aromatic heterocycles. The number of nitrogens with two attached hydrogens (primary N) is 1. The Morgan fingerprint density at radius 3 is 2.69 bits per heavy atom. The molecule has 1 aromatic carbocycles. The number of rotatable bonds is 6. The molecule has 32 heavy (non-hydrogen) atoms. The number of carbonyl (C=O) groups is 1. The molecule has 2 heterocycles. The first-order chi connectivity index (χ1) is 15.3. The number of nitrogens with zero attached hydrogens (tertiary/aromatic N) is 3. The number of nitriles is 2. The summed E-state index contributed by atoms with van der Waals surface area (Å²) in [5.74, 6) is -0.412. The van der Waals surface area contributed by atoms with E-state index in [1.807, 2.05) is 6.92 Å². The molecule has 3 N–H and O–H groups in total. The molecule has 4 rings (SSSR count). The van der Waals surface area contributed by atoms with Crippen molar-refractivity contribution in [3.8, 4) is 23.8 Å². The van der Waals surface area contributed by atoms with Crippen LogP contribution in [0.3, 0.4) is 0 Å². The van der Waals surface area contributed by atoms with Crippen LogP contribution in [0.15, 0.2) is 35.7 Å². The molecular formula is C24H23N5O3. The minimum Gasteiger partial charge on any atom is -0.496 e. The fourth-order valence-electron chi connectivity index (χ4n) is 4.08. The highest BCUT2D eigenvalue weighted by Crippen LogP contribution is 2.50. The van der Waals surface area contributed by atoms with Crippen LogP contribution in [0, 0.1) is 35.0 Å². The predicted octanol–water partition coefficient (Wildman–Crippen LogP) is 3.27. The molecule has 162 valence electrons. The Labute approximate surface area is 186 Å². The van der Waals surface area contributed by atoms with Crippen LogP contribution in [0.25, 0.3) is 0 Å². The van der Waals surface area contributed by atoms with Crippen molar-refractivity contribution in [2.75, 3.05) is 19.0 Å². The number of methoxy groups -OCH3 is 1. The summed E-state index contributed by atoms with van der Waals surface area (Å²) in [5, 5.41) is 22.0. The number of anilines is 1. The lowest BCUT2D eigenvalue weighted by Gasteiger charge is -2.32. The van der Waals surface area contributed by atoms with Crippen LogP contribution in [-0.2, 0) is 4.79 Å². The van der Waals surface area contributed by atoms with Crippen LogP contribution in [-0.4, -0.2) is 24.6 Å². The molecule has 1 unspecified atom stereocenters. The SMILES string of the molecule is COc1cc(C#N)ccc1C1C(C(N)=O)=C(C)Nc2c(C)cnc(OCC3(C#N)CC3)c21. The molecule has 0 bridgehead atoms. The number of fused-ring (bicyclic) bond motifs is 1. The normalized spacial score (nSPS) is 18.0. The predicted molar refractivity (Wildman–Crippen MR) is 117 cm³/mol. The number of amides is 1. The van der Waals surface area contributed by atoms with E-state index in [2.05, 4.69) is 22.4 Å². The quantitative estimate of drug-likeness (QED) is 0.719. The van der Waals surface area contributed by atoms with E-state index in [-0.39, 0.29) is 6.61 Å². The Bertz CT molecular complexity index is 1230. The van der Waals surface area contributed by atoms with Gasteiger partial charge in [-0.3, -0.25) is 4.79 Å². The van der Waals surface area contributed by atoms with Gasteiger partial charge in [-0.05, 0) is 44.4 Å². The van der Waals surface area contributed by atoms with E-state index in [1.54, 1.807) is 31.3 Å². The third-order valence-corrected chi connectivity index (χ3v) is 6.08. The van der Waals surface area contributed by atoms with E-state index in [4.69, 9.17) is 15.2 Å². The van der Waals surface area contributed by atoms with Crippen molar-refractivity contribution in [2.45, 2.75) is 32.6 Å². The first-order valence-electron chi connectivity index (χ1n) is 10.2. The summed E-state index contributed by atoms with van der Waals surface area (Å²) >= 11 is 0. The molecule has 1 saturated carbocycles. The van der Waals surface area contributed by atoms with Crippen molar-refractivity contribution >= 4 is 11.6 Å². The molecule has 1 fully saturated rings. The molecule has 8 heteroatoms. The maximum Gasteiger partial charge on any atom is 0.247 e. The van der Waals surface area contributed by atoms with Gasteiger partial charge in [0.25, 0.3) is 0 Å². The van der Waals surface area contributed by atoms with Crippen molar-refractivity contribution in [1.82, 2.24) is 4.98 Å². The highest BCUT2D eigenvalue weighted by Gasteiger charge is 2.45. The maximum absolute atomic E-state index is 12.6. The molecule has 0 spiro atoms. The summed E-state index contributed by atoms with van der Waals surface area (Å²) in [5.41, 5.74) is 9.72. The second kappa shape index (κ2) is 7.90. The first-order valence-corrected chi connectivity index (χ1v) is 10.2. The lowest BCUT2D eigenvalue weighted by molar-refractivity contribution is -0.114. The Morgan fingerprint density at radius 2 is 2.09 bits per heavy atom. The van der Waals surface area contributed by atoms with Gasteiger partial charge in [-0.25, -0.2) is 4.98 Å². The standard InChI is InChI=1S/C24H23N5O3/c1-13-10-28-23(32-12-24(11-26)6-7-24)20-19(18(22(27)30)14(2)29-21(13)20)16-5-4-15(9-25)8-17(16)31-3/h4-5,8,10,19,29H,6-7,12H2,1-3H3,(H2,27,30). The Kier molecular flexibility index (Phi) is 5.23. The van der Waals surface area contributed by atoms with Gasteiger partial charge in [0.2, 0.25) is 11.8 Å². The molecule has 1 aliphatic carbocycles. The smallest absolute Gasteiger partial charge is 0.247 e. The van der Waals surface area contributed by atoms with Gasteiger partial charge in [-0.2, -0.15) is 10.5 Å². The fraction of sp³-hybridized carbons (Fsp3) is 0.333. The number of aryl methyl sites for hydroxylation is 1. The third-order valence-electron chi connectivity index (χ3n) is 6.08. The first kappa shape index (κ1) is 21.2. The van der Waals surface area contributed by atoms with Crippen LogP contribution < -0.4 is 20.5 Å². The number of carbonyl (C=O) groups excluding carboxylic acids is 1. The molecular weight excluding hydrogens is 406 g/mol. The molecule has 0 radical (unpaired) electrons. The number of pyridine rings is 1. The molecule has 0 saturated heterocycles. The molecule has 1 aliphatic heterocycles. The minimum absolute atomic E-state index is 0.220. The van der Waals surface area contributed by atoms with E-state index in [0.717, 1.165) is 24.1 Å². The Hall–Kier alpha value is -4.04. The van der Waals surface area contributed by atoms with E-state index >= 15 is 0 Å². The second-order valence-electron chi connectivity index (χ2n) is 8.25.